The van der Waals surface area contributed by atoms with Crippen LogP contribution in [0.5, 0.6) is 0 Å². The fourth-order valence-corrected chi connectivity index (χ4v) is 2.63. The number of fused-ring (bicyclic) bond motifs is 1. The molecule has 1 aliphatic heterocycles. The van der Waals surface area contributed by atoms with Gasteiger partial charge in [-0.3, -0.25) is 4.67 Å². The van der Waals surface area contributed by atoms with Gasteiger partial charge in [-0.25, -0.2) is 0 Å². The van der Waals surface area contributed by atoms with Gasteiger partial charge in [-0.1, -0.05) is 9.39 Å². The maximum atomic E-state index is 10.1. The van der Waals surface area contributed by atoms with Crippen LogP contribution in [0.3, 0.4) is 0 Å². The highest BCUT2D eigenvalue weighted by molar-refractivity contribution is 7.13. The van der Waals surface area contributed by atoms with E-state index in [0.717, 1.165) is 30.5 Å². The first-order valence-corrected chi connectivity index (χ1v) is 4.28. The van der Waals surface area contributed by atoms with E-state index < -0.39 is 0 Å². The van der Waals surface area contributed by atoms with Gasteiger partial charge in [0.25, 0.3) is 0 Å². The molecular weight excluding hydrogens is 145 g/mol. The monoisotopic (exact) mass is 157 g/mol. The van der Waals surface area contributed by atoms with Crippen molar-refractivity contribution in [3.8, 4) is 0 Å². The van der Waals surface area contributed by atoms with Crippen molar-refractivity contribution < 1.29 is 4.79 Å². The van der Waals surface area contributed by atoms with Crippen molar-refractivity contribution in [3.63, 3.8) is 0 Å². The molecule has 56 valence electrons. The molecule has 3 atom stereocenters. The summed E-state index contributed by atoms with van der Waals surface area (Å²) in [6.07, 6.45) is 1.87. The van der Waals surface area contributed by atoms with Gasteiger partial charge in [-0.2, -0.15) is 0 Å². The summed E-state index contributed by atoms with van der Waals surface area (Å²) in [5.41, 5.74) is 0. The Labute approximate surface area is 63.2 Å². The van der Waals surface area contributed by atoms with Crippen LogP contribution in [0, 0.1) is 17.8 Å². The molecule has 1 heterocycles. The van der Waals surface area contributed by atoms with Crippen LogP contribution < -0.4 is 0 Å². The standard InChI is InChI=1S/C7H12NOP/c9-2-1-5-6-3-8(10)4-7(5)6/h2,5-7H,1,3-4,10H2. The van der Waals surface area contributed by atoms with E-state index in [0.29, 0.717) is 0 Å². The number of hydrogen-bond donors (Lipinski definition) is 0. The minimum absolute atomic E-state index is 0.745. The van der Waals surface area contributed by atoms with Crippen LogP contribution in [-0.4, -0.2) is 24.0 Å². The van der Waals surface area contributed by atoms with E-state index in [4.69, 9.17) is 0 Å². The Morgan fingerprint density at radius 3 is 2.60 bits per heavy atom. The van der Waals surface area contributed by atoms with Crippen LogP contribution in [-0.2, 0) is 4.79 Å². The maximum absolute atomic E-state index is 10.1. The Bertz CT molecular complexity index is 150. The second kappa shape index (κ2) is 2.28. The Balaban J connectivity index is 1.86. The molecule has 0 N–H and O–H groups in total. The average molecular weight is 157 g/mol. The van der Waals surface area contributed by atoms with Crippen molar-refractivity contribution in [2.24, 2.45) is 17.8 Å². The van der Waals surface area contributed by atoms with Gasteiger partial charge in [0.15, 0.2) is 0 Å². The quantitative estimate of drug-likeness (QED) is 0.431. The first kappa shape index (κ1) is 6.75. The summed E-state index contributed by atoms with van der Waals surface area (Å²) < 4.78 is 2.27. The Hall–Kier alpha value is 0.0600. The Kier molecular flexibility index (Phi) is 1.54. The predicted molar refractivity (Wildman–Crippen MR) is 42.4 cm³/mol. The van der Waals surface area contributed by atoms with Crippen molar-refractivity contribution >= 4 is 15.7 Å². The summed E-state index contributed by atoms with van der Waals surface area (Å²) in [7, 11) is 2.72. The van der Waals surface area contributed by atoms with Crippen LogP contribution in [0.15, 0.2) is 0 Å². The summed E-state index contributed by atoms with van der Waals surface area (Å²) in [6, 6.07) is 0. The molecule has 10 heavy (non-hydrogen) atoms. The molecule has 1 saturated carbocycles. The molecule has 0 bridgehead atoms. The highest BCUT2D eigenvalue weighted by Crippen LogP contribution is 2.53. The highest BCUT2D eigenvalue weighted by Gasteiger charge is 2.53. The van der Waals surface area contributed by atoms with Crippen molar-refractivity contribution in [2.45, 2.75) is 6.42 Å². The number of nitrogens with zero attached hydrogens (tertiary/aromatic N) is 1. The van der Waals surface area contributed by atoms with E-state index in [1.807, 2.05) is 0 Å². The van der Waals surface area contributed by atoms with Crippen LogP contribution in [0.2, 0.25) is 0 Å². The van der Waals surface area contributed by atoms with E-state index in [1.165, 1.54) is 13.1 Å². The largest absolute Gasteiger partial charge is 0.303 e. The maximum Gasteiger partial charge on any atom is 0.120 e. The van der Waals surface area contributed by atoms with Crippen LogP contribution >= 0.6 is 9.39 Å². The lowest BCUT2D eigenvalue weighted by Crippen LogP contribution is -2.12. The van der Waals surface area contributed by atoms with Gasteiger partial charge >= 0.3 is 0 Å². The van der Waals surface area contributed by atoms with Crippen LogP contribution in [0.1, 0.15) is 6.42 Å². The van der Waals surface area contributed by atoms with Gasteiger partial charge in [0, 0.05) is 19.5 Å². The van der Waals surface area contributed by atoms with E-state index in [9.17, 15) is 4.79 Å². The van der Waals surface area contributed by atoms with E-state index in [-0.39, 0.29) is 0 Å². The molecule has 0 radical (unpaired) electrons. The molecule has 0 spiro atoms. The summed E-state index contributed by atoms with van der Waals surface area (Å²) in [4.78, 5) is 10.1. The molecule has 2 aliphatic rings. The zero-order chi connectivity index (χ0) is 7.14. The second-order valence-electron chi connectivity index (χ2n) is 3.35. The van der Waals surface area contributed by atoms with Gasteiger partial charge in [-0.15, -0.1) is 0 Å². The van der Waals surface area contributed by atoms with Crippen molar-refractivity contribution in [2.75, 3.05) is 13.1 Å². The van der Waals surface area contributed by atoms with Crippen LogP contribution in [0.25, 0.3) is 0 Å². The lowest BCUT2D eigenvalue weighted by molar-refractivity contribution is -0.108. The summed E-state index contributed by atoms with van der Waals surface area (Å²) in [6.45, 7) is 2.38. The first-order valence-electron chi connectivity index (χ1n) is 3.76. The molecule has 2 fully saturated rings. The van der Waals surface area contributed by atoms with Crippen molar-refractivity contribution in [1.82, 2.24) is 4.67 Å². The molecule has 0 amide bonds. The summed E-state index contributed by atoms with van der Waals surface area (Å²) in [5, 5.41) is 0. The Morgan fingerprint density at radius 1 is 1.50 bits per heavy atom. The SMILES string of the molecule is O=CCC1C2CN(P)CC12. The molecule has 0 aromatic heterocycles. The third-order valence-electron chi connectivity index (χ3n) is 2.77. The molecule has 3 unspecified atom stereocenters. The van der Waals surface area contributed by atoms with E-state index in [2.05, 4.69) is 14.1 Å². The molecule has 3 heteroatoms. The van der Waals surface area contributed by atoms with Gasteiger partial charge in [0.1, 0.15) is 6.29 Å². The van der Waals surface area contributed by atoms with Gasteiger partial charge in [0.05, 0.1) is 0 Å². The van der Waals surface area contributed by atoms with E-state index >= 15 is 0 Å². The minimum atomic E-state index is 0.745. The molecule has 2 rings (SSSR count). The van der Waals surface area contributed by atoms with Gasteiger partial charge < -0.3 is 4.79 Å². The van der Waals surface area contributed by atoms with Crippen LogP contribution in [0.4, 0.5) is 0 Å². The molecular formula is C7H12NOP. The van der Waals surface area contributed by atoms with Crippen molar-refractivity contribution in [3.05, 3.63) is 0 Å². The highest BCUT2D eigenvalue weighted by atomic mass is 31.0. The summed E-state index contributed by atoms with van der Waals surface area (Å²) in [5.74, 6) is 2.44. The number of piperidine rings is 1. The number of rotatable bonds is 2. The number of hydrogen-bond acceptors (Lipinski definition) is 2. The van der Waals surface area contributed by atoms with Gasteiger partial charge in [0.2, 0.25) is 0 Å². The third-order valence-corrected chi connectivity index (χ3v) is 3.19. The zero-order valence-corrected chi connectivity index (χ0v) is 7.02. The van der Waals surface area contributed by atoms with Gasteiger partial charge in [-0.05, 0) is 17.8 Å². The Morgan fingerprint density at radius 2 is 2.10 bits per heavy atom. The molecule has 2 nitrogen and oxygen atoms in total. The smallest absolute Gasteiger partial charge is 0.120 e. The number of carbonyl (C=O) groups is 1. The fourth-order valence-electron chi connectivity index (χ4n) is 2.14. The molecule has 1 saturated heterocycles. The number of aldehydes is 1. The molecule has 0 aromatic carbocycles. The fraction of sp³-hybridized carbons (Fsp3) is 0.857. The minimum Gasteiger partial charge on any atom is -0.303 e. The average Bonchev–Trinajstić information content (AvgIpc) is 2.43. The lowest BCUT2D eigenvalue weighted by atomic mass is 10.2. The summed E-state index contributed by atoms with van der Waals surface area (Å²) >= 11 is 0. The zero-order valence-electron chi connectivity index (χ0n) is 5.86. The van der Waals surface area contributed by atoms with E-state index in [1.54, 1.807) is 0 Å². The molecule has 0 aromatic rings. The first-order chi connectivity index (χ1) is 4.83. The predicted octanol–water partition coefficient (Wildman–Crippen LogP) is 0.543. The lowest BCUT2D eigenvalue weighted by Gasteiger charge is -2.10. The van der Waals surface area contributed by atoms with Crippen molar-refractivity contribution in [1.29, 1.82) is 0 Å². The molecule has 1 aliphatic carbocycles. The topological polar surface area (TPSA) is 20.3 Å². The second-order valence-corrected chi connectivity index (χ2v) is 4.08. The normalized spacial score (nSPS) is 45.1. The number of carbonyl (C=O) groups excluding carboxylic acids is 1. The third kappa shape index (κ3) is 0.906.